The molecule has 0 aromatic carbocycles. The van der Waals surface area contributed by atoms with E-state index in [0.29, 0.717) is 0 Å². The first-order valence-corrected chi connectivity index (χ1v) is 7.46. The van der Waals surface area contributed by atoms with Gasteiger partial charge < -0.3 is 5.32 Å². The second kappa shape index (κ2) is 4.61. The van der Waals surface area contributed by atoms with Crippen molar-refractivity contribution in [3.63, 3.8) is 0 Å². The Morgan fingerprint density at radius 3 is 2.61 bits per heavy atom. The first-order chi connectivity index (χ1) is 8.30. The molecule has 1 N–H and O–H groups in total. The Morgan fingerprint density at radius 2 is 2.06 bits per heavy atom. The Hall–Kier alpha value is -0.970. The molecule has 1 aliphatic heterocycles. The third kappa shape index (κ3) is 2.41. The Morgan fingerprint density at radius 1 is 1.39 bits per heavy atom. The minimum Gasteiger partial charge on any atom is -0.310 e. The van der Waals surface area contributed by atoms with Gasteiger partial charge in [-0.3, -0.25) is 4.79 Å². The van der Waals surface area contributed by atoms with Crippen LogP contribution in [0.25, 0.3) is 0 Å². The van der Waals surface area contributed by atoms with Crippen molar-refractivity contribution in [3.05, 3.63) is 11.3 Å². The second-order valence-electron chi connectivity index (χ2n) is 5.99. The van der Waals surface area contributed by atoms with Crippen LogP contribution < -0.4 is 5.32 Å². The van der Waals surface area contributed by atoms with Crippen LogP contribution in [0.1, 0.15) is 45.9 Å². The quantitative estimate of drug-likeness (QED) is 0.896. The number of hydrogen-bond donors (Lipinski definition) is 1. The number of carbonyl (C=O) groups excluding carboxylic acids is 1. The van der Waals surface area contributed by atoms with Crippen molar-refractivity contribution in [2.75, 3.05) is 5.32 Å². The molecule has 18 heavy (non-hydrogen) atoms. The van der Waals surface area contributed by atoms with Gasteiger partial charge in [0.1, 0.15) is 5.82 Å². The Kier molecular flexibility index (Phi) is 3.45. The first-order valence-electron chi connectivity index (χ1n) is 6.30. The summed E-state index contributed by atoms with van der Waals surface area (Å²) in [7, 11) is 0. The Labute approximate surface area is 113 Å². The number of anilines is 1. The maximum absolute atomic E-state index is 11.9. The Balaban J connectivity index is 2.40. The molecule has 0 atom stereocenters. The minimum absolute atomic E-state index is 0.0157. The summed E-state index contributed by atoms with van der Waals surface area (Å²) >= 11 is 1.85. The number of rotatable bonds is 2. The maximum Gasteiger partial charge on any atom is 0.228 e. The summed E-state index contributed by atoms with van der Waals surface area (Å²) in [5.41, 5.74) is 2.20. The molecule has 1 aliphatic rings. The van der Waals surface area contributed by atoms with Gasteiger partial charge in [0, 0.05) is 23.0 Å². The number of amides is 1. The van der Waals surface area contributed by atoms with E-state index in [1.807, 2.05) is 30.3 Å². The van der Waals surface area contributed by atoms with Crippen LogP contribution in [0, 0.1) is 5.92 Å². The van der Waals surface area contributed by atoms with Gasteiger partial charge in [-0.15, -0.1) is 0 Å². The van der Waals surface area contributed by atoms with Gasteiger partial charge in [-0.2, -0.15) is 16.9 Å². The Bertz CT molecular complexity index is 471. The maximum atomic E-state index is 11.9. The smallest absolute Gasteiger partial charge is 0.228 e. The minimum atomic E-state index is -0.116. The number of hydrogen-bond acceptors (Lipinski definition) is 3. The zero-order chi connectivity index (χ0) is 13.5. The molecule has 2 heterocycles. The third-order valence-electron chi connectivity index (χ3n) is 2.95. The summed E-state index contributed by atoms with van der Waals surface area (Å²) in [4.78, 5) is 11.9. The fourth-order valence-electron chi connectivity index (χ4n) is 1.89. The topological polar surface area (TPSA) is 46.9 Å². The average Bonchev–Trinajstić information content (AvgIpc) is 2.78. The van der Waals surface area contributed by atoms with E-state index in [0.717, 1.165) is 23.0 Å². The van der Waals surface area contributed by atoms with Gasteiger partial charge in [-0.1, -0.05) is 13.8 Å². The molecular formula is C13H21N3OS. The summed E-state index contributed by atoms with van der Waals surface area (Å²) in [5, 5.41) is 7.70. The van der Waals surface area contributed by atoms with Gasteiger partial charge >= 0.3 is 0 Å². The highest BCUT2D eigenvalue weighted by atomic mass is 32.2. The normalized spacial score (nSPS) is 15.0. The lowest BCUT2D eigenvalue weighted by atomic mass is 10.1. The van der Waals surface area contributed by atoms with Crippen molar-refractivity contribution >= 4 is 23.5 Å². The van der Waals surface area contributed by atoms with Gasteiger partial charge in [-0.05, 0) is 20.8 Å². The van der Waals surface area contributed by atoms with Gasteiger partial charge in [0.2, 0.25) is 5.91 Å². The van der Waals surface area contributed by atoms with Crippen LogP contribution in [0.15, 0.2) is 0 Å². The van der Waals surface area contributed by atoms with Crippen LogP contribution >= 0.6 is 11.8 Å². The molecule has 1 aromatic rings. The standard InChI is InChI=1S/C13H21N3OS/c1-8(2)12(17)14-11-9-6-18-7-10(9)15-16(11)13(3,4)5/h8H,6-7H2,1-5H3,(H,14,17). The largest absolute Gasteiger partial charge is 0.310 e. The summed E-state index contributed by atoms with van der Waals surface area (Å²) in [6, 6.07) is 0. The number of thioether (sulfide) groups is 1. The zero-order valence-corrected chi connectivity index (χ0v) is 12.5. The van der Waals surface area contributed by atoms with E-state index in [4.69, 9.17) is 0 Å². The van der Waals surface area contributed by atoms with Crippen molar-refractivity contribution < 1.29 is 4.79 Å². The lowest BCUT2D eigenvalue weighted by Gasteiger charge is -2.23. The molecule has 5 heteroatoms. The predicted octanol–water partition coefficient (Wildman–Crippen LogP) is 2.98. The lowest BCUT2D eigenvalue weighted by molar-refractivity contribution is -0.118. The van der Waals surface area contributed by atoms with E-state index >= 15 is 0 Å². The van der Waals surface area contributed by atoms with Gasteiger partial charge in [0.25, 0.3) is 0 Å². The first kappa shape index (κ1) is 13.5. The van der Waals surface area contributed by atoms with E-state index in [1.165, 1.54) is 5.56 Å². The number of fused-ring (bicyclic) bond motifs is 1. The molecule has 0 saturated heterocycles. The van der Waals surface area contributed by atoms with E-state index in [2.05, 4.69) is 31.2 Å². The molecule has 4 nitrogen and oxygen atoms in total. The molecular weight excluding hydrogens is 246 g/mol. The molecule has 0 aliphatic carbocycles. The van der Waals surface area contributed by atoms with E-state index in [9.17, 15) is 4.79 Å². The number of nitrogens with zero attached hydrogens (tertiary/aromatic N) is 2. The van der Waals surface area contributed by atoms with Gasteiger partial charge in [0.05, 0.1) is 11.2 Å². The lowest BCUT2D eigenvalue weighted by Crippen LogP contribution is -2.28. The van der Waals surface area contributed by atoms with E-state index in [1.54, 1.807) is 0 Å². The number of nitrogens with one attached hydrogen (secondary N) is 1. The SMILES string of the molecule is CC(C)C(=O)Nc1c2c(nn1C(C)(C)C)CSC2. The molecule has 1 amide bonds. The van der Waals surface area contributed by atoms with Crippen molar-refractivity contribution in [2.45, 2.75) is 51.7 Å². The fourth-order valence-corrected chi connectivity index (χ4v) is 2.92. The average molecular weight is 267 g/mol. The molecule has 1 aromatic heterocycles. The van der Waals surface area contributed by atoms with Crippen LogP contribution in [0.2, 0.25) is 0 Å². The van der Waals surface area contributed by atoms with E-state index < -0.39 is 0 Å². The van der Waals surface area contributed by atoms with Crippen LogP contribution in [-0.4, -0.2) is 15.7 Å². The highest BCUT2D eigenvalue weighted by molar-refractivity contribution is 7.98. The number of aromatic nitrogens is 2. The summed E-state index contributed by atoms with van der Waals surface area (Å²) < 4.78 is 1.96. The molecule has 0 bridgehead atoms. The molecule has 2 rings (SSSR count). The highest BCUT2D eigenvalue weighted by Gasteiger charge is 2.28. The fraction of sp³-hybridized carbons (Fsp3) is 0.692. The van der Waals surface area contributed by atoms with Crippen LogP contribution in [0.4, 0.5) is 5.82 Å². The van der Waals surface area contributed by atoms with Crippen molar-refractivity contribution in [3.8, 4) is 0 Å². The summed E-state index contributed by atoms with van der Waals surface area (Å²) in [6.07, 6.45) is 0. The van der Waals surface area contributed by atoms with Gasteiger partial charge in [-0.25, -0.2) is 4.68 Å². The van der Waals surface area contributed by atoms with Crippen molar-refractivity contribution in [1.29, 1.82) is 0 Å². The molecule has 0 spiro atoms. The highest BCUT2D eigenvalue weighted by Crippen LogP contribution is 2.37. The summed E-state index contributed by atoms with van der Waals surface area (Å²) in [6.45, 7) is 10.1. The third-order valence-corrected chi connectivity index (χ3v) is 3.92. The van der Waals surface area contributed by atoms with Crippen LogP contribution in [0.5, 0.6) is 0 Å². The summed E-state index contributed by atoms with van der Waals surface area (Å²) in [5.74, 6) is 2.82. The van der Waals surface area contributed by atoms with E-state index in [-0.39, 0.29) is 17.4 Å². The molecule has 0 radical (unpaired) electrons. The molecule has 0 unspecified atom stereocenters. The zero-order valence-electron chi connectivity index (χ0n) is 11.7. The van der Waals surface area contributed by atoms with Crippen molar-refractivity contribution in [1.82, 2.24) is 9.78 Å². The number of carbonyl (C=O) groups is 1. The van der Waals surface area contributed by atoms with Crippen molar-refractivity contribution in [2.24, 2.45) is 5.92 Å². The molecule has 0 saturated carbocycles. The molecule has 100 valence electrons. The molecule has 0 fully saturated rings. The second-order valence-corrected chi connectivity index (χ2v) is 6.98. The van der Waals surface area contributed by atoms with Crippen LogP contribution in [0.3, 0.4) is 0 Å². The predicted molar refractivity (Wildman–Crippen MR) is 75.7 cm³/mol. The van der Waals surface area contributed by atoms with Crippen LogP contribution in [-0.2, 0) is 21.8 Å². The van der Waals surface area contributed by atoms with Gasteiger partial charge in [0.15, 0.2) is 0 Å². The monoisotopic (exact) mass is 267 g/mol.